The van der Waals surface area contributed by atoms with E-state index in [1.807, 2.05) is 31.2 Å². The van der Waals surface area contributed by atoms with Crippen molar-refractivity contribution in [3.05, 3.63) is 29.8 Å². The van der Waals surface area contributed by atoms with Crippen LogP contribution in [-0.2, 0) is 0 Å². The first-order valence-corrected chi connectivity index (χ1v) is 5.28. The van der Waals surface area contributed by atoms with Crippen LogP contribution in [0.3, 0.4) is 0 Å². The van der Waals surface area contributed by atoms with E-state index in [1.165, 1.54) is 19.3 Å². The molecule has 0 spiro atoms. The lowest BCUT2D eigenvalue weighted by Gasteiger charge is -2.26. The highest BCUT2D eigenvalue weighted by molar-refractivity contribution is 5.29. The second kappa shape index (κ2) is 4.01. The van der Waals surface area contributed by atoms with Crippen molar-refractivity contribution in [3.63, 3.8) is 0 Å². The molecule has 2 N–H and O–H groups in total. The van der Waals surface area contributed by atoms with Gasteiger partial charge in [0.15, 0.2) is 0 Å². The molecule has 1 atom stereocenters. The summed E-state index contributed by atoms with van der Waals surface area (Å²) >= 11 is 0. The molecule has 14 heavy (non-hydrogen) atoms. The van der Waals surface area contributed by atoms with Gasteiger partial charge in [0.2, 0.25) is 0 Å². The van der Waals surface area contributed by atoms with Crippen molar-refractivity contribution < 1.29 is 4.74 Å². The fourth-order valence-electron chi connectivity index (χ4n) is 1.53. The Bertz CT molecular complexity index is 288. The van der Waals surface area contributed by atoms with E-state index in [-0.39, 0.29) is 6.04 Å². The molecule has 1 saturated carbocycles. The highest BCUT2D eigenvalue weighted by atomic mass is 16.5. The van der Waals surface area contributed by atoms with E-state index in [9.17, 15) is 0 Å². The summed E-state index contributed by atoms with van der Waals surface area (Å²) in [5, 5.41) is 0. The fourth-order valence-corrected chi connectivity index (χ4v) is 1.53. The maximum atomic E-state index is 5.76. The summed E-state index contributed by atoms with van der Waals surface area (Å²) in [7, 11) is 0. The summed E-state index contributed by atoms with van der Waals surface area (Å²) in [6.07, 6.45) is 4.17. The summed E-state index contributed by atoms with van der Waals surface area (Å²) in [6, 6.07) is 8.21. The number of hydrogen-bond acceptors (Lipinski definition) is 2. The van der Waals surface area contributed by atoms with Crippen LogP contribution in [0.25, 0.3) is 0 Å². The molecule has 0 radical (unpaired) electrons. The molecule has 1 aliphatic carbocycles. The lowest BCUT2D eigenvalue weighted by Crippen LogP contribution is -2.24. The molecule has 2 rings (SSSR count). The first-order valence-electron chi connectivity index (χ1n) is 5.28. The average Bonchev–Trinajstić information content (AvgIpc) is 2.12. The molecule has 0 aliphatic heterocycles. The number of rotatable bonds is 3. The minimum absolute atomic E-state index is 0.104. The predicted molar refractivity (Wildman–Crippen MR) is 57.3 cm³/mol. The Morgan fingerprint density at radius 1 is 1.29 bits per heavy atom. The number of hydrogen-bond donors (Lipinski definition) is 1. The van der Waals surface area contributed by atoms with Crippen LogP contribution < -0.4 is 10.5 Å². The maximum absolute atomic E-state index is 5.76. The van der Waals surface area contributed by atoms with E-state index in [2.05, 4.69) is 0 Å². The molecular formula is C12H17NO. The van der Waals surface area contributed by atoms with Crippen molar-refractivity contribution in [2.75, 3.05) is 0 Å². The van der Waals surface area contributed by atoms with Crippen molar-refractivity contribution in [3.8, 4) is 5.75 Å². The SMILES string of the molecule is C[C@H](N)c1ccc(OC2CCC2)cc1. The number of benzene rings is 1. The molecular weight excluding hydrogens is 174 g/mol. The van der Waals surface area contributed by atoms with Gasteiger partial charge in [-0.2, -0.15) is 0 Å². The quantitative estimate of drug-likeness (QED) is 0.797. The number of ether oxygens (including phenoxy) is 1. The second-order valence-corrected chi connectivity index (χ2v) is 4.03. The van der Waals surface area contributed by atoms with Gasteiger partial charge in [0, 0.05) is 6.04 Å². The molecule has 0 unspecified atom stereocenters. The maximum Gasteiger partial charge on any atom is 0.119 e. The molecule has 0 heterocycles. The Hall–Kier alpha value is -1.02. The first kappa shape index (κ1) is 9.53. The minimum atomic E-state index is 0.104. The van der Waals surface area contributed by atoms with Crippen LogP contribution >= 0.6 is 0 Å². The van der Waals surface area contributed by atoms with Gasteiger partial charge in [-0.25, -0.2) is 0 Å². The van der Waals surface area contributed by atoms with Gasteiger partial charge < -0.3 is 10.5 Å². The van der Waals surface area contributed by atoms with Gasteiger partial charge in [0.25, 0.3) is 0 Å². The fraction of sp³-hybridized carbons (Fsp3) is 0.500. The third-order valence-electron chi connectivity index (χ3n) is 2.76. The molecule has 0 amide bonds. The smallest absolute Gasteiger partial charge is 0.119 e. The Morgan fingerprint density at radius 2 is 1.93 bits per heavy atom. The molecule has 76 valence electrons. The molecule has 2 nitrogen and oxygen atoms in total. The topological polar surface area (TPSA) is 35.2 Å². The van der Waals surface area contributed by atoms with Crippen molar-refractivity contribution in [2.24, 2.45) is 5.73 Å². The van der Waals surface area contributed by atoms with Crippen LogP contribution in [0, 0.1) is 0 Å². The van der Waals surface area contributed by atoms with Crippen molar-refractivity contribution in [1.82, 2.24) is 0 Å². The lowest BCUT2D eigenvalue weighted by molar-refractivity contribution is 0.120. The highest BCUT2D eigenvalue weighted by Crippen LogP contribution is 2.25. The molecule has 0 saturated heterocycles. The van der Waals surface area contributed by atoms with Crippen molar-refractivity contribution in [2.45, 2.75) is 38.3 Å². The van der Waals surface area contributed by atoms with Gasteiger partial charge in [-0.1, -0.05) is 12.1 Å². The van der Waals surface area contributed by atoms with Crippen LogP contribution in [0.15, 0.2) is 24.3 Å². The molecule has 0 bridgehead atoms. The van der Waals surface area contributed by atoms with Crippen molar-refractivity contribution in [1.29, 1.82) is 0 Å². The lowest BCUT2D eigenvalue weighted by atomic mass is 9.96. The zero-order valence-corrected chi connectivity index (χ0v) is 8.57. The van der Waals surface area contributed by atoms with E-state index in [0.717, 1.165) is 11.3 Å². The monoisotopic (exact) mass is 191 g/mol. The molecule has 1 aliphatic rings. The van der Waals surface area contributed by atoms with E-state index < -0.39 is 0 Å². The van der Waals surface area contributed by atoms with Gasteiger partial charge in [-0.15, -0.1) is 0 Å². The summed E-state index contributed by atoms with van der Waals surface area (Å²) in [6.45, 7) is 1.99. The van der Waals surface area contributed by atoms with Gasteiger partial charge in [-0.05, 0) is 43.9 Å². The van der Waals surface area contributed by atoms with E-state index >= 15 is 0 Å². The Morgan fingerprint density at radius 3 is 2.36 bits per heavy atom. The Kier molecular flexibility index (Phi) is 2.73. The third kappa shape index (κ3) is 2.07. The first-order chi connectivity index (χ1) is 6.75. The van der Waals surface area contributed by atoms with E-state index in [0.29, 0.717) is 6.10 Å². The normalized spacial score (nSPS) is 18.7. The summed E-state index contributed by atoms with van der Waals surface area (Å²) in [5.41, 5.74) is 6.92. The van der Waals surface area contributed by atoms with E-state index in [4.69, 9.17) is 10.5 Å². The van der Waals surface area contributed by atoms with Crippen LogP contribution in [0.4, 0.5) is 0 Å². The summed E-state index contributed by atoms with van der Waals surface area (Å²) < 4.78 is 5.74. The standard InChI is InChI=1S/C12H17NO/c1-9(13)10-5-7-12(8-6-10)14-11-3-2-4-11/h5-9,11H,2-4,13H2,1H3/t9-/m0/s1. The molecule has 1 aromatic carbocycles. The van der Waals surface area contributed by atoms with Crippen molar-refractivity contribution >= 4 is 0 Å². The second-order valence-electron chi connectivity index (χ2n) is 4.03. The average molecular weight is 191 g/mol. The molecule has 1 fully saturated rings. The third-order valence-corrected chi connectivity index (χ3v) is 2.76. The molecule has 1 aromatic rings. The van der Waals surface area contributed by atoms with E-state index in [1.54, 1.807) is 0 Å². The van der Waals surface area contributed by atoms with Crippen LogP contribution in [-0.4, -0.2) is 6.10 Å². The molecule has 2 heteroatoms. The van der Waals surface area contributed by atoms with Gasteiger partial charge in [0.05, 0.1) is 6.10 Å². The van der Waals surface area contributed by atoms with Gasteiger partial charge in [0.1, 0.15) is 5.75 Å². The molecule has 0 aromatic heterocycles. The summed E-state index contributed by atoms with van der Waals surface area (Å²) in [4.78, 5) is 0. The zero-order valence-electron chi connectivity index (χ0n) is 8.57. The Labute approximate surface area is 85.1 Å². The summed E-state index contributed by atoms with van der Waals surface area (Å²) in [5.74, 6) is 0.971. The minimum Gasteiger partial charge on any atom is -0.490 e. The van der Waals surface area contributed by atoms with Crippen LogP contribution in [0.5, 0.6) is 5.75 Å². The largest absolute Gasteiger partial charge is 0.490 e. The zero-order chi connectivity index (χ0) is 9.97. The van der Waals surface area contributed by atoms with Crippen LogP contribution in [0.1, 0.15) is 37.8 Å². The predicted octanol–water partition coefficient (Wildman–Crippen LogP) is 2.64. The highest BCUT2D eigenvalue weighted by Gasteiger charge is 2.18. The van der Waals surface area contributed by atoms with Crippen LogP contribution in [0.2, 0.25) is 0 Å². The van der Waals surface area contributed by atoms with Gasteiger partial charge in [-0.3, -0.25) is 0 Å². The number of nitrogens with two attached hydrogens (primary N) is 1. The van der Waals surface area contributed by atoms with Gasteiger partial charge >= 0.3 is 0 Å². The Balaban J connectivity index is 1.98.